The maximum atomic E-state index is 13.9. The van der Waals surface area contributed by atoms with Crippen LogP contribution >= 0.6 is 11.6 Å². The van der Waals surface area contributed by atoms with Crippen molar-refractivity contribution in [3.05, 3.63) is 88.3 Å². The molecule has 1 aromatic heterocycles. The van der Waals surface area contributed by atoms with Crippen molar-refractivity contribution in [2.45, 2.75) is 43.7 Å². The summed E-state index contributed by atoms with van der Waals surface area (Å²) in [7, 11) is 0. The van der Waals surface area contributed by atoms with Crippen LogP contribution in [0.2, 0.25) is 5.02 Å². The fraction of sp³-hybridized carbons (Fsp3) is 0.433. The molecular formula is C30H36ClN5O3. The van der Waals surface area contributed by atoms with Gasteiger partial charge in [0, 0.05) is 36.8 Å². The standard InChI is InChI=1S/C30H36ClN5O3/c1-20-17-26(38)28-27(20)29(34-19-33-28)35-13-15-36(16-14-35)30(39)24(21-7-9-23(31)10-8-21)11-12-32-25(18-37)22-5-3-2-4-6-22/h2-10,19-20,24-26,32,37-38H,11-18H2,1H3/t20-,24?,25?,26-/m1/s1. The molecule has 3 N–H and O–H groups in total. The van der Waals surface area contributed by atoms with Gasteiger partial charge in [0.25, 0.3) is 0 Å². The Kier molecular flexibility index (Phi) is 8.77. The Morgan fingerprint density at radius 1 is 1.05 bits per heavy atom. The maximum Gasteiger partial charge on any atom is 0.230 e. The number of rotatable bonds is 9. The number of benzene rings is 2. The number of aliphatic hydroxyl groups is 2. The number of aromatic nitrogens is 2. The van der Waals surface area contributed by atoms with Gasteiger partial charge in [0.1, 0.15) is 12.1 Å². The first-order chi connectivity index (χ1) is 19.0. The first-order valence-electron chi connectivity index (χ1n) is 13.7. The van der Waals surface area contributed by atoms with Crippen LogP contribution in [0.5, 0.6) is 0 Å². The van der Waals surface area contributed by atoms with Crippen molar-refractivity contribution in [3.8, 4) is 0 Å². The monoisotopic (exact) mass is 549 g/mol. The molecule has 0 saturated carbocycles. The number of hydrogen-bond acceptors (Lipinski definition) is 7. The van der Waals surface area contributed by atoms with Crippen molar-refractivity contribution in [2.75, 3.05) is 44.2 Å². The van der Waals surface area contributed by atoms with Gasteiger partial charge < -0.3 is 25.3 Å². The Bertz CT molecular complexity index is 1250. The van der Waals surface area contributed by atoms with Gasteiger partial charge in [-0.2, -0.15) is 0 Å². The van der Waals surface area contributed by atoms with E-state index in [1.54, 1.807) is 0 Å². The Labute approximate surface area is 234 Å². The Balaban J connectivity index is 1.26. The lowest BCUT2D eigenvalue weighted by molar-refractivity contribution is -0.133. The molecule has 0 radical (unpaired) electrons. The second-order valence-electron chi connectivity index (χ2n) is 10.5. The third-order valence-electron chi connectivity index (χ3n) is 7.95. The molecule has 2 heterocycles. The van der Waals surface area contributed by atoms with Crippen LogP contribution in [0, 0.1) is 0 Å². The highest BCUT2D eigenvalue weighted by molar-refractivity contribution is 6.30. The summed E-state index contributed by atoms with van der Waals surface area (Å²) in [5.74, 6) is 0.850. The fourth-order valence-electron chi connectivity index (χ4n) is 5.82. The average molecular weight is 550 g/mol. The number of carbonyl (C=O) groups excluding carboxylic acids is 1. The van der Waals surface area contributed by atoms with Crippen LogP contribution in [0.3, 0.4) is 0 Å². The normalized spacial score (nSPS) is 20.5. The molecule has 1 fully saturated rings. The third-order valence-corrected chi connectivity index (χ3v) is 8.20. The number of carbonyl (C=O) groups is 1. The SMILES string of the molecule is C[C@@H]1C[C@@H](O)c2ncnc(N3CCN(C(=O)C(CCNC(CO)c4ccccc4)c4ccc(Cl)cc4)CC3)c21. The number of nitrogens with zero attached hydrogens (tertiary/aromatic N) is 4. The maximum absolute atomic E-state index is 13.9. The molecule has 9 heteroatoms. The molecule has 8 nitrogen and oxygen atoms in total. The highest BCUT2D eigenvalue weighted by Gasteiger charge is 2.35. The largest absolute Gasteiger partial charge is 0.394 e. The van der Waals surface area contributed by atoms with Gasteiger partial charge in [-0.25, -0.2) is 9.97 Å². The Morgan fingerprint density at radius 2 is 1.77 bits per heavy atom. The molecule has 3 aromatic rings. The van der Waals surface area contributed by atoms with E-state index in [4.69, 9.17) is 11.6 Å². The second kappa shape index (κ2) is 12.4. The van der Waals surface area contributed by atoms with Crippen LogP contribution in [-0.4, -0.2) is 70.3 Å². The molecule has 206 valence electrons. The summed E-state index contributed by atoms with van der Waals surface area (Å²) < 4.78 is 0. The van der Waals surface area contributed by atoms with E-state index in [2.05, 4.69) is 27.1 Å². The lowest BCUT2D eigenvalue weighted by Crippen LogP contribution is -2.50. The first kappa shape index (κ1) is 27.5. The molecule has 1 aliphatic carbocycles. The number of piperazine rings is 1. The van der Waals surface area contributed by atoms with Crippen molar-refractivity contribution in [3.63, 3.8) is 0 Å². The average Bonchev–Trinajstić information content (AvgIpc) is 3.27. The summed E-state index contributed by atoms with van der Waals surface area (Å²) in [6.07, 6.45) is 2.25. The molecule has 2 unspecified atom stereocenters. The number of nitrogens with one attached hydrogen (secondary N) is 1. The quantitative estimate of drug-likeness (QED) is 0.373. The molecule has 0 spiro atoms. The van der Waals surface area contributed by atoms with Crippen molar-refractivity contribution in [1.82, 2.24) is 20.2 Å². The van der Waals surface area contributed by atoms with Gasteiger partial charge in [-0.05, 0) is 48.6 Å². The second-order valence-corrected chi connectivity index (χ2v) is 10.9. The summed E-state index contributed by atoms with van der Waals surface area (Å²) in [6, 6.07) is 17.2. The molecule has 2 aromatic carbocycles. The van der Waals surface area contributed by atoms with Crippen molar-refractivity contribution < 1.29 is 15.0 Å². The van der Waals surface area contributed by atoms with Gasteiger partial charge in [-0.3, -0.25) is 4.79 Å². The molecule has 4 atom stereocenters. The molecule has 0 bridgehead atoms. The summed E-state index contributed by atoms with van der Waals surface area (Å²) in [5, 5.41) is 24.4. The van der Waals surface area contributed by atoms with E-state index in [9.17, 15) is 15.0 Å². The minimum atomic E-state index is -0.541. The summed E-state index contributed by atoms with van der Waals surface area (Å²) in [5.41, 5.74) is 3.72. The lowest BCUT2D eigenvalue weighted by atomic mass is 9.93. The molecule has 5 rings (SSSR count). The van der Waals surface area contributed by atoms with Crippen molar-refractivity contribution >= 4 is 23.3 Å². The number of amides is 1. The molecular weight excluding hydrogens is 514 g/mol. The van der Waals surface area contributed by atoms with E-state index in [0.717, 1.165) is 28.2 Å². The highest BCUT2D eigenvalue weighted by Crippen LogP contribution is 2.42. The van der Waals surface area contributed by atoms with E-state index in [0.29, 0.717) is 50.6 Å². The van der Waals surface area contributed by atoms with Crippen LogP contribution in [-0.2, 0) is 4.79 Å². The molecule has 1 aliphatic heterocycles. The Morgan fingerprint density at radius 3 is 2.46 bits per heavy atom. The highest BCUT2D eigenvalue weighted by atomic mass is 35.5. The van der Waals surface area contributed by atoms with Gasteiger partial charge in [-0.15, -0.1) is 0 Å². The van der Waals surface area contributed by atoms with E-state index in [1.165, 1.54) is 6.33 Å². The smallest absolute Gasteiger partial charge is 0.230 e. The van der Waals surface area contributed by atoms with Crippen LogP contribution in [0.4, 0.5) is 5.82 Å². The minimum absolute atomic E-state index is 0.0199. The molecule has 1 saturated heterocycles. The van der Waals surface area contributed by atoms with Crippen LogP contribution in [0.15, 0.2) is 60.9 Å². The van der Waals surface area contributed by atoms with Gasteiger partial charge in [0.2, 0.25) is 5.91 Å². The van der Waals surface area contributed by atoms with Crippen LogP contribution in [0.1, 0.15) is 66.1 Å². The van der Waals surface area contributed by atoms with E-state index in [-0.39, 0.29) is 30.4 Å². The number of halogens is 1. The summed E-state index contributed by atoms with van der Waals surface area (Å²) in [6.45, 7) is 5.19. The van der Waals surface area contributed by atoms with E-state index < -0.39 is 6.10 Å². The zero-order chi connectivity index (χ0) is 27.4. The number of hydrogen-bond donors (Lipinski definition) is 3. The summed E-state index contributed by atoms with van der Waals surface area (Å²) in [4.78, 5) is 26.9. The number of aliphatic hydroxyl groups excluding tert-OH is 2. The molecule has 1 amide bonds. The zero-order valence-corrected chi connectivity index (χ0v) is 23.0. The minimum Gasteiger partial charge on any atom is -0.394 e. The number of anilines is 1. The van der Waals surface area contributed by atoms with Crippen LogP contribution in [0.25, 0.3) is 0 Å². The van der Waals surface area contributed by atoms with Crippen molar-refractivity contribution in [2.24, 2.45) is 0 Å². The number of fused-ring (bicyclic) bond motifs is 1. The molecule has 39 heavy (non-hydrogen) atoms. The summed E-state index contributed by atoms with van der Waals surface area (Å²) >= 11 is 6.14. The predicted octanol–water partition coefficient (Wildman–Crippen LogP) is 3.82. The zero-order valence-electron chi connectivity index (χ0n) is 22.2. The van der Waals surface area contributed by atoms with E-state index in [1.807, 2.05) is 59.5 Å². The predicted molar refractivity (Wildman–Crippen MR) is 152 cm³/mol. The van der Waals surface area contributed by atoms with Gasteiger partial charge >= 0.3 is 0 Å². The fourth-order valence-corrected chi connectivity index (χ4v) is 5.94. The van der Waals surface area contributed by atoms with E-state index >= 15 is 0 Å². The first-order valence-corrected chi connectivity index (χ1v) is 14.0. The van der Waals surface area contributed by atoms with Gasteiger partial charge in [-0.1, -0.05) is 61.0 Å². The Hall–Kier alpha value is -3.04. The molecule has 2 aliphatic rings. The van der Waals surface area contributed by atoms with Gasteiger partial charge in [0.15, 0.2) is 0 Å². The topological polar surface area (TPSA) is 102 Å². The van der Waals surface area contributed by atoms with Crippen LogP contribution < -0.4 is 10.2 Å². The van der Waals surface area contributed by atoms with Gasteiger partial charge in [0.05, 0.1) is 30.4 Å². The third kappa shape index (κ3) is 6.09. The van der Waals surface area contributed by atoms with Crippen molar-refractivity contribution in [1.29, 1.82) is 0 Å². The lowest BCUT2D eigenvalue weighted by Gasteiger charge is -2.38.